The van der Waals surface area contributed by atoms with Crippen LogP contribution in [0.3, 0.4) is 0 Å². The first-order valence-corrected chi connectivity index (χ1v) is 9.57. The Hall–Kier alpha value is -2.22. The molecule has 1 saturated heterocycles. The number of carbonyl (C=O) groups excluding carboxylic acids is 1. The number of nitrogens with one attached hydrogen (secondary N) is 2. The highest BCUT2D eigenvalue weighted by molar-refractivity contribution is 5.95. The molecule has 140 valence electrons. The topological polar surface area (TPSA) is 106 Å². The molecule has 1 aliphatic heterocycles. The summed E-state index contributed by atoms with van der Waals surface area (Å²) in [7, 11) is 0. The van der Waals surface area contributed by atoms with Crippen LogP contribution in [0.4, 0.5) is 0 Å². The van der Waals surface area contributed by atoms with Crippen molar-refractivity contribution >= 4 is 5.91 Å². The lowest BCUT2D eigenvalue weighted by molar-refractivity contribution is 0.0835. The minimum Gasteiger partial charge on any atom is -0.368 e. The maximum absolute atomic E-state index is 12.5. The molecule has 2 N–H and O–H groups in total. The van der Waals surface area contributed by atoms with Crippen LogP contribution < -0.4 is 5.32 Å². The fraction of sp³-hybridized carbons (Fsp3) is 0.667. The van der Waals surface area contributed by atoms with Crippen LogP contribution in [0, 0.1) is 0 Å². The molecule has 8 nitrogen and oxygen atoms in total. The molecule has 8 heteroatoms. The SMILES string of the molecule is O=C(NCCc1noc(C2CCCO2)n1)c1cn[nH]c1C1CCCCC1. The van der Waals surface area contributed by atoms with Gasteiger partial charge in [-0.1, -0.05) is 24.4 Å². The van der Waals surface area contributed by atoms with Gasteiger partial charge in [-0.3, -0.25) is 9.89 Å². The zero-order valence-corrected chi connectivity index (χ0v) is 14.9. The fourth-order valence-electron chi connectivity index (χ4n) is 3.83. The summed E-state index contributed by atoms with van der Waals surface area (Å²) in [6.07, 6.45) is 9.98. The Morgan fingerprint density at radius 3 is 2.92 bits per heavy atom. The number of nitrogens with zero attached hydrogens (tertiary/aromatic N) is 3. The molecular weight excluding hydrogens is 334 g/mol. The normalized spacial score (nSPS) is 21.2. The lowest BCUT2D eigenvalue weighted by Crippen LogP contribution is -2.27. The molecule has 2 fully saturated rings. The van der Waals surface area contributed by atoms with E-state index in [9.17, 15) is 4.79 Å². The summed E-state index contributed by atoms with van der Waals surface area (Å²) in [5, 5.41) is 14.0. The minimum atomic E-state index is -0.0952. The summed E-state index contributed by atoms with van der Waals surface area (Å²) in [6.45, 7) is 1.20. The van der Waals surface area contributed by atoms with Crippen molar-refractivity contribution in [3.8, 4) is 0 Å². The van der Waals surface area contributed by atoms with E-state index in [1.165, 1.54) is 19.3 Å². The van der Waals surface area contributed by atoms with E-state index in [4.69, 9.17) is 9.26 Å². The maximum atomic E-state index is 12.5. The third-order valence-electron chi connectivity index (χ3n) is 5.25. The number of rotatable bonds is 6. The maximum Gasteiger partial charge on any atom is 0.255 e. The van der Waals surface area contributed by atoms with Crippen molar-refractivity contribution < 1.29 is 14.1 Å². The van der Waals surface area contributed by atoms with E-state index >= 15 is 0 Å². The van der Waals surface area contributed by atoms with Crippen LogP contribution in [0.15, 0.2) is 10.7 Å². The molecule has 26 heavy (non-hydrogen) atoms. The van der Waals surface area contributed by atoms with Crippen LogP contribution in [-0.2, 0) is 11.2 Å². The molecule has 3 heterocycles. The van der Waals surface area contributed by atoms with Crippen molar-refractivity contribution in [2.24, 2.45) is 0 Å². The Balaban J connectivity index is 1.30. The van der Waals surface area contributed by atoms with E-state index in [2.05, 4.69) is 25.7 Å². The van der Waals surface area contributed by atoms with Gasteiger partial charge in [0.25, 0.3) is 11.8 Å². The van der Waals surface area contributed by atoms with Gasteiger partial charge in [-0.15, -0.1) is 0 Å². The highest BCUT2D eigenvalue weighted by Crippen LogP contribution is 2.33. The lowest BCUT2D eigenvalue weighted by atomic mass is 9.85. The Morgan fingerprint density at radius 1 is 1.23 bits per heavy atom. The summed E-state index contributed by atoms with van der Waals surface area (Å²) in [5.74, 6) is 1.45. The van der Waals surface area contributed by atoms with Crippen LogP contribution in [0.1, 0.15) is 84.7 Å². The van der Waals surface area contributed by atoms with E-state index in [0.29, 0.717) is 36.2 Å². The molecule has 0 radical (unpaired) electrons. The van der Waals surface area contributed by atoms with Crippen molar-refractivity contribution in [1.29, 1.82) is 0 Å². The monoisotopic (exact) mass is 359 g/mol. The van der Waals surface area contributed by atoms with Gasteiger partial charge >= 0.3 is 0 Å². The van der Waals surface area contributed by atoms with Crippen LogP contribution in [0.5, 0.6) is 0 Å². The van der Waals surface area contributed by atoms with Gasteiger partial charge in [-0.05, 0) is 25.7 Å². The van der Waals surface area contributed by atoms with Crippen molar-refractivity contribution in [1.82, 2.24) is 25.7 Å². The molecule has 2 aliphatic rings. The second-order valence-corrected chi connectivity index (χ2v) is 7.09. The first-order chi connectivity index (χ1) is 12.8. The zero-order chi connectivity index (χ0) is 17.8. The molecule has 1 saturated carbocycles. The van der Waals surface area contributed by atoms with Crippen molar-refractivity contribution in [2.45, 2.75) is 63.4 Å². The number of aromatic amines is 1. The molecule has 0 bridgehead atoms. The van der Waals surface area contributed by atoms with Crippen molar-refractivity contribution in [3.63, 3.8) is 0 Å². The third-order valence-corrected chi connectivity index (χ3v) is 5.25. The number of hydrogen-bond acceptors (Lipinski definition) is 6. The van der Waals surface area contributed by atoms with E-state index in [0.717, 1.165) is 38.0 Å². The summed E-state index contributed by atoms with van der Waals surface area (Å²) >= 11 is 0. The highest BCUT2D eigenvalue weighted by Gasteiger charge is 2.25. The van der Waals surface area contributed by atoms with Crippen molar-refractivity contribution in [3.05, 3.63) is 29.2 Å². The van der Waals surface area contributed by atoms with Crippen LogP contribution in [-0.4, -0.2) is 39.4 Å². The Kier molecular flexibility index (Phi) is 5.29. The molecule has 1 atom stereocenters. The highest BCUT2D eigenvalue weighted by atomic mass is 16.5. The first kappa shape index (κ1) is 17.2. The molecule has 0 aromatic carbocycles. The first-order valence-electron chi connectivity index (χ1n) is 9.57. The lowest BCUT2D eigenvalue weighted by Gasteiger charge is -2.21. The Labute approximate surface area is 152 Å². The standard InChI is InChI=1S/C18H25N5O3/c24-17(13-11-20-22-16(13)12-5-2-1-3-6-12)19-9-8-15-21-18(26-23-15)14-7-4-10-25-14/h11-12,14H,1-10H2,(H,19,24)(H,20,22). The van der Waals surface area contributed by atoms with Gasteiger partial charge in [0, 0.05) is 25.5 Å². The van der Waals surface area contributed by atoms with Gasteiger partial charge in [0.1, 0.15) is 6.10 Å². The zero-order valence-electron chi connectivity index (χ0n) is 14.9. The quantitative estimate of drug-likeness (QED) is 0.821. The minimum absolute atomic E-state index is 0.0742. The molecular formula is C18H25N5O3. The van der Waals surface area contributed by atoms with E-state index in [1.807, 2.05) is 0 Å². The number of carbonyl (C=O) groups is 1. The fourth-order valence-corrected chi connectivity index (χ4v) is 3.83. The van der Waals surface area contributed by atoms with E-state index in [1.54, 1.807) is 6.20 Å². The van der Waals surface area contributed by atoms with Gasteiger partial charge in [0.2, 0.25) is 0 Å². The largest absolute Gasteiger partial charge is 0.368 e. The van der Waals surface area contributed by atoms with Crippen molar-refractivity contribution in [2.75, 3.05) is 13.2 Å². The predicted molar refractivity (Wildman–Crippen MR) is 92.7 cm³/mol. The molecule has 1 aliphatic carbocycles. The number of hydrogen-bond donors (Lipinski definition) is 2. The second-order valence-electron chi connectivity index (χ2n) is 7.09. The van der Waals surface area contributed by atoms with Gasteiger partial charge in [-0.25, -0.2) is 0 Å². The second kappa shape index (κ2) is 7.99. The molecule has 2 aromatic rings. The van der Waals surface area contributed by atoms with Crippen LogP contribution >= 0.6 is 0 Å². The molecule has 2 aromatic heterocycles. The number of ether oxygens (including phenoxy) is 1. The number of amides is 1. The van der Waals surface area contributed by atoms with Gasteiger partial charge in [-0.2, -0.15) is 10.1 Å². The van der Waals surface area contributed by atoms with E-state index in [-0.39, 0.29) is 12.0 Å². The van der Waals surface area contributed by atoms with Gasteiger partial charge < -0.3 is 14.6 Å². The average Bonchev–Trinajstić information content (AvgIpc) is 3.42. The average molecular weight is 359 g/mol. The molecule has 1 amide bonds. The van der Waals surface area contributed by atoms with E-state index < -0.39 is 0 Å². The molecule has 4 rings (SSSR count). The molecule has 1 unspecified atom stereocenters. The smallest absolute Gasteiger partial charge is 0.255 e. The molecule has 0 spiro atoms. The summed E-state index contributed by atoms with van der Waals surface area (Å²) in [6, 6.07) is 0. The predicted octanol–water partition coefficient (Wildman–Crippen LogP) is 2.66. The summed E-state index contributed by atoms with van der Waals surface area (Å²) < 4.78 is 10.8. The van der Waals surface area contributed by atoms with Crippen LogP contribution in [0.2, 0.25) is 0 Å². The third kappa shape index (κ3) is 3.80. The van der Waals surface area contributed by atoms with Gasteiger partial charge in [0.05, 0.1) is 17.5 Å². The summed E-state index contributed by atoms with van der Waals surface area (Å²) in [4.78, 5) is 16.9. The van der Waals surface area contributed by atoms with Crippen LogP contribution in [0.25, 0.3) is 0 Å². The number of H-pyrrole nitrogens is 1. The number of aromatic nitrogens is 4. The summed E-state index contributed by atoms with van der Waals surface area (Å²) in [5.41, 5.74) is 1.63. The Bertz CT molecular complexity index is 729. The Morgan fingerprint density at radius 2 is 2.12 bits per heavy atom. The van der Waals surface area contributed by atoms with Gasteiger partial charge in [0.15, 0.2) is 5.82 Å².